The molecule has 2 atom stereocenters. The molecule has 4 nitrogen and oxygen atoms in total. The topological polar surface area (TPSA) is 63.2 Å². The minimum atomic E-state index is -4.94. The van der Waals surface area contributed by atoms with Gasteiger partial charge in [-0.1, -0.05) is 35.3 Å². The van der Waals surface area contributed by atoms with Crippen LogP contribution in [-0.4, -0.2) is 44.2 Å². The second-order valence-corrected chi connectivity index (χ2v) is 11.7. The monoisotopic (exact) mass is 657 g/mol. The molecule has 15 heteroatoms. The molecule has 0 aliphatic heterocycles. The van der Waals surface area contributed by atoms with Crippen LogP contribution in [-0.2, 0) is 9.84 Å². The molecule has 0 spiro atoms. The van der Waals surface area contributed by atoms with E-state index in [1.165, 1.54) is 6.92 Å². The number of amides is 1. The molecule has 0 radical (unpaired) electrons. The van der Waals surface area contributed by atoms with Gasteiger partial charge in [0.25, 0.3) is 5.91 Å². The standard InChI is InChI=1S/C22H17BrCl2F7NO3S/c1-11(9-37(35,36)10-21(27,28)29)33-20(34)14-4-2-13(6-16(14)23)19(26)8-15(22(30,31)32)12-3-5-17(24)18(25)7-12/h2-8,11,15H,9-10H2,1H3,(H,33,34)/b19-8-/t11-,15?/m1/s1. The van der Waals surface area contributed by atoms with Crippen molar-refractivity contribution in [1.82, 2.24) is 5.32 Å². The Morgan fingerprint density at radius 1 is 1.05 bits per heavy atom. The molecule has 2 aromatic carbocycles. The van der Waals surface area contributed by atoms with Crippen molar-refractivity contribution in [2.24, 2.45) is 0 Å². The van der Waals surface area contributed by atoms with E-state index in [-0.39, 0.29) is 31.2 Å². The average molecular weight is 659 g/mol. The molecule has 2 aromatic rings. The van der Waals surface area contributed by atoms with Gasteiger partial charge < -0.3 is 5.32 Å². The molecule has 0 bridgehead atoms. The predicted molar refractivity (Wildman–Crippen MR) is 130 cm³/mol. The van der Waals surface area contributed by atoms with Crippen LogP contribution in [0.1, 0.15) is 34.3 Å². The molecule has 0 heterocycles. The van der Waals surface area contributed by atoms with Crippen LogP contribution in [0.5, 0.6) is 0 Å². The second-order valence-electron chi connectivity index (χ2n) is 7.95. The Bertz CT molecular complexity index is 1300. The molecule has 1 N–H and O–H groups in total. The van der Waals surface area contributed by atoms with Crippen molar-refractivity contribution in [3.8, 4) is 0 Å². The summed E-state index contributed by atoms with van der Waals surface area (Å²) in [4.78, 5) is 12.4. The zero-order chi connectivity index (χ0) is 28.3. The van der Waals surface area contributed by atoms with Crippen LogP contribution in [0.3, 0.4) is 0 Å². The van der Waals surface area contributed by atoms with E-state index in [2.05, 4.69) is 21.2 Å². The summed E-state index contributed by atoms with van der Waals surface area (Å²) in [5, 5.41) is 2.08. The molecule has 204 valence electrons. The summed E-state index contributed by atoms with van der Waals surface area (Å²) >= 11 is 14.5. The molecule has 37 heavy (non-hydrogen) atoms. The highest BCUT2D eigenvalue weighted by atomic mass is 79.9. The largest absolute Gasteiger partial charge is 0.402 e. The lowest BCUT2D eigenvalue weighted by molar-refractivity contribution is -0.139. The number of allylic oxidation sites excluding steroid dienone is 1. The highest BCUT2D eigenvalue weighted by Gasteiger charge is 2.40. The molecule has 0 aromatic heterocycles. The predicted octanol–water partition coefficient (Wildman–Crippen LogP) is 7.51. The van der Waals surface area contributed by atoms with Crippen LogP contribution in [0, 0.1) is 0 Å². The van der Waals surface area contributed by atoms with Gasteiger partial charge in [0.15, 0.2) is 9.84 Å². The summed E-state index contributed by atoms with van der Waals surface area (Å²) in [7, 11) is -4.56. The van der Waals surface area contributed by atoms with Gasteiger partial charge in [0.1, 0.15) is 17.5 Å². The normalized spacial score (nSPS) is 14.8. The average Bonchev–Trinajstić information content (AvgIpc) is 2.70. The van der Waals surface area contributed by atoms with Gasteiger partial charge in [-0.25, -0.2) is 12.8 Å². The zero-order valence-corrected chi connectivity index (χ0v) is 22.4. The Balaban J connectivity index is 2.25. The van der Waals surface area contributed by atoms with Crippen molar-refractivity contribution in [1.29, 1.82) is 0 Å². The highest BCUT2D eigenvalue weighted by molar-refractivity contribution is 9.10. The number of carbonyl (C=O) groups is 1. The minimum Gasteiger partial charge on any atom is -0.349 e. The van der Waals surface area contributed by atoms with Gasteiger partial charge in [0.2, 0.25) is 0 Å². The van der Waals surface area contributed by atoms with E-state index in [4.69, 9.17) is 23.2 Å². The lowest BCUT2D eigenvalue weighted by Gasteiger charge is -2.18. The molecular formula is C22H17BrCl2F7NO3S. The van der Waals surface area contributed by atoms with Crippen LogP contribution in [0.2, 0.25) is 10.0 Å². The first-order chi connectivity index (χ1) is 16.8. The van der Waals surface area contributed by atoms with Crippen LogP contribution in [0.15, 0.2) is 46.9 Å². The van der Waals surface area contributed by atoms with E-state index >= 15 is 0 Å². The maximum absolute atomic E-state index is 14.8. The molecule has 0 aliphatic rings. The number of nitrogens with one attached hydrogen (secondary N) is 1. The van der Waals surface area contributed by atoms with Crippen molar-refractivity contribution < 1.29 is 43.9 Å². The molecular weight excluding hydrogens is 642 g/mol. The van der Waals surface area contributed by atoms with Crippen molar-refractivity contribution in [3.63, 3.8) is 0 Å². The summed E-state index contributed by atoms with van der Waals surface area (Å²) in [5.41, 5.74) is -0.839. The SMILES string of the molecule is C[C@H](CS(=O)(=O)CC(F)(F)F)NC(=O)c1ccc(/C(F)=C/C(c2ccc(Cl)c(Cl)c2)C(F)(F)F)cc1Br. The number of halogens is 10. The van der Waals surface area contributed by atoms with Crippen molar-refractivity contribution >= 4 is 60.7 Å². The van der Waals surface area contributed by atoms with Gasteiger partial charge in [-0.05, 0) is 58.8 Å². The van der Waals surface area contributed by atoms with E-state index in [1.807, 2.05) is 0 Å². The first-order valence-electron chi connectivity index (χ1n) is 10.1. The second kappa shape index (κ2) is 11.9. The first-order valence-corrected chi connectivity index (χ1v) is 13.4. The van der Waals surface area contributed by atoms with E-state index in [1.54, 1.807) is 0 Å². The number of hydrogen-bond donors (Lipinski definition) is 1. The number of sulfone groups is 1. The Kier molecular flexibility index (Phi) is 10.1. The van der Waals surface area contributed by atoms with Crippen LogP contribution in [0.25, 0.3) is 5.83 Å². The fraction of sp³-hybridized carbons (Fsp3) is 0.318. The van der Waals surface area contributed by atoms with E-state index in [0.29, 0.717) is 6.08 Å². The third-order valence-corrected chi connectivity index (χ3v) is 7.89. The Morgan fingerprint density at radius 3 is 2.19 bits per heavy atom. The van der Waals surface area contributed by atoms with Gasteiger partial charge in [-0.15, -0.1) is 0 Å². The first kappa shape index (κ1) is 31.4. The molecule has 1 unspecified atom stereocenters. The minimum absolute atomic E-state index is 0.0147. The van der Waals surface area contributed by atoms with Crippen LogP contribution in [0.4, 0.5) is 30.7 Å². The summed E-state index contributed by atoms with van der Waals surface area (Å²) in [6.45, 7) is 1.18. The third kappa shape index (κ3) is 9.45. The number of benzene rings is 2. The number of carbonyl (C=O) groups excluding carboxylic acids is 1. The fourth-order valence-corrected chi connectivity index (χ4v) is 5.54. The fourth-order valence-electron chi connectivity index (χ4n) is 3.21. The molecule has 2 rings (SSSR count). The van der Waals surface area contributed by atoms with E-state index < -0.39 is 57.4 Å². The third-order valence-electron chi connectivity index (χ3n) is 4.72. The molecule has 0 saturated heterocycles. The molecule has 0 aliphatic carbocycles. The highest BCUT2D eigenvalue weighted by Crippen LogP contribution is 2.40. The maximum atomic E-state index is 14.8. The van der Waals surface area contributed by atoms with Gasteiger partial charge in [0, 0.05) is 16.1 Å². The maximum Gasteiger partial charge on any atom is 0.402 e. The van der Waals surface area contributed by atoms with Gasteiger partial charge in [-0.3, -0.25) is 4.79 Å². The Labute approximate surface area is 225 Å². The van der Waals surface area contributed by atoms with Crippen LogP contribution >= 0.6 is 39.1 Å². The lowest BCUT2D eigenvalue weighted by atomic mass is 9.96. The van der Waals surface area contributed by atoms with Gasteiger partial charge in [-0.2, -0.15) is 26.3 Å². The smallest absolute Gasteiger partial charge is 0.349 e. The molecule has 0 saturated carbocycles. The Morgan fingerprint density at radius 2 is 1.68 bits per heavy atom. The summed E-state index contributed by atoms with van der Waals surface area (Å²) < 4.78 is 116. The van der Waals surface area contributed by atoms with E-state index in [9.17, 15) is 43.9 Å². The zero-order valence-electron chi connectivity index (χ0n) is 18.5. The Hall–Kier alpha value is -1.83. The number of hydrogen-bond acceptors (Lipinski definition) is 3. The number of alkyl halides is 6. The van der Waals surface area contributed by atoms with Gasteiger partial charge >= 0.3 is 12.4 Å². The summed E-state index contributed by atoms with van der Waals surface area (Å²) in [5.74, 6) is -7.58. The summed E-state index contributed by atoms with van der Waals surface area (Å²) in [6.07, 6.45) is -9.49. The number of rotatable bonds is 8. The lowest BCUT2D eigenvalue weighted by Crippen LogP contribution is -2.39. The van der Waals surface area contributed by atoms with Crippen molar-refractivity contribution in [2.45, 2.75) is 31.2 Å². The van der Waals surface area contributed by atoms with Crippen molar-refractivity contribution in [3.05, 3.63) is 73.7 Å². The molecule has 1 amide bonds. The molecule has 0 fully saturated rings. The van der Waals surface area contributed by atoms with E-state index in [0.717, 1.165) is 36.4 Å². The quantitative estimate of drug-likeness (QED) is 0.299. The van der Waals surface area contributed by atoms with Gasteiger partial charge in [0.05, 0.1) is 21.4 Å². The van der Waals surface area contributed by atoms with Crippen LogP contribution < -0.4 is 5.32 Å². The summed E-state index contributed by atoms with van der Waals surface area (Å²) in [6, 6.07) is 5.04. The van der Waals surface area contributed by atoms with Crippen molar-refractivity contribution in [2.75, 3.05) is 11.5 Å².